The van der Waals surface area contributed by atoms with Crippen molar-refractivity contribution in [3.05, 3.63) is 23.4 Å². The summed E-state index contributed by atoms with van der Waals surface area (Å²) in [5.74, 6) is -0.0349. The number of aromatic nitrogens is 1. The second kappa shape index (κ2) is 8.77. The zero-order valence-corrected chi connectivity index (χ0v) is 15.4. The summed E-state index contributed by atoms with van der Waals surface area (Å²) in [5.41, 5.74) is 1.50. The highest BCUT2D eigenvalue weighted by atomic mass is 35.5. The third kappa shape index (κ3) is 5.25. The highest BCUT2D eigenvalue weighted by molar-refractivity contribution is 7.87. The van der Waals surface area contributed by atoms with Crippen molar-refractivity contribution in [1.29, 1.82) is 0 Å². The van der Waals surface area contributed by atoms with Gasteiger partial charge in [0.15, 0.2) is 0 Å². The largest absolute Gasteiger partial charge is 0.354 e. The molecule has 3 N–H and O–H groups in total. The molecule has 1 aromatic rings. The van der Waals surface area contributed by atoms with E-state index in [1.54, 1.807) is 18.3 Å². The summed E-state index contributed by atoms with van der Waals surface area (Å²) in [6.07, 6.45) is 2.43. The van der Waals surface area contributed by atoms with Gasteiger partial charge in [-0.25, -0.2) is 10.5 Å². The number of rotatable bonds is 7. The fourth-order valence-corrected chi connectivity index (χ4v) is 4.07. The van der Waals surface area contributed by atoms with Crippen molar-refractivity contribution in [2.45, 2.75) is 25.8 Å². The van der Waals surface area contributed by atoms with Crippen LogP contribution in [0.25, 0.3) is 0 Å². The third-order valence-electron chi connectivity index (χ3n) is 3.91. The predicted octanol–water partition coefficient (Wildman–Crippen LogP) is 0.366. The molecule has 1 aromatic heterocycles. The number of anilines is 1. The highest BCUT2D eigenvalue weighted by Gasteiger charge is 2.31. The van der Waals surface area contributed by atoms with E-state index >= 15 is 0 Å². The van der Waals surface area contributed by atoms with Gasteiger partial charge in [-0.3, -0.25) is 10.0 Å². The molecule has 2 rings (SSSR count). The SMILES string of the molecule is CCCC(NS(=O)(=O)N1CCN(c2ccc(Cl)cn2)CC1)C(=O)NO. The quantitative estimate of drug-likeness (QED) is 0.457. The normalized spacial score (nSPS) is 17.3. The van der Waals surface area contributed by atoms with Gasteiger partial charge in [-0.1, -0.05) is 24.9 Å². The minimum atomic E-state index is -3.83. The van der Waals surface area contributed by atoms with Crippen LogP contribution in [0.15, 0.2) is 18.3 Å². The number of carbonyl (C=O) groups excluding carboxylic acids is 1. The average molecular weight is 392 g/mol. The monoisotopic (exact) mass is 391 g/mol. The summed E-state index contributed by atoms with van der Waals surface area (Å²) >= 11 is 5.82. The van der Waals surface area contributed by atoms with Crippen molar-refractivity contribution in [3.8, 4) is 0 Å². The number of nitrogens with zero attached hydrogens (tertiary/aromatic N) is 3. The van der Waals surface area contributed by atoms with Gasteiger partial charge < -0.3 is 4.90 Å². The Morgan fingerprint density at radius 3 is 2.56 bits per heavy atom. The van der Waals surface area contributed by atoms with E-state index in [-0.39, 0.29) is 13.1 Å². The number of nitrogens with one attached hydrogen (secondary N) is 2. The molecule has 1 atom stereocenters. The molecule has 11 heteroatoms. The fraction of sp³-hybridized carbons (Fsp3) is 0.571. The Hall–Kier alpha value is -1.46. The molecule has 140 valence electrons. The lowest BCUT2D eigenvalue weighted by molar-refractivity contribution is -0.131. The van der Waals surface area contributed by atoms with Gasteiger partial charge in [-0.05, 0) is 18.6 Å². The van der Waals surface area contributed by atoms with Crippen LogP contribution in [0.4, 0.5) is 5.82 Å². The van der Waals surface area contributed by atoms with E-state index in [2.05, 4.69) is 9.71 Å². The number of pyridine rings is 1. The summed E-state index contributed by atoms with van der Waals surface area (Å²) < 4.78 is 28.6. The molecule has 1 aliphatic rings. The van der Waals surface area contributed by atoms with Crippen molar-refractivity contribution < 1.29 is 18.4 Å². The summed E-state index contributed by atoms with van der Waals surface area (Å²) in [5, 5.41) is 9.29. The first kappa shape index (κ1) is 19.9. The first-order chi connectivity index (χ1) is 11.9. The van der Waals surface area contributed by atoms with Crippen molar-refractivity contribution in [2.24, 2.45) is 0 Å². The lowest BCUT2D eigenvalue weighted by Crippen LogP contribution is -2.56. The van der Waals surface area contributed by atoms with E-state index in [0.29, 0.717) is 31.0 Å². The van der Waals surface area contributed by atoms with Gasteiger partial charge >= 0.3 is 0 Å². The summed E-state index contributed by atoms with van der Waals surface area (Å²) in [6, 6.07) is 2.52. The molecule has 0 aromatic carbocycles. The maximum absolute atomic E-state index is 12.5. The van der Waals surface area contributed by atoms with Crippen LogP contribution < -0.4 is 15.1 Å². The summed E-state index contributed by atoms with van der Waals surface area (Å²) in [6.45, 7) is 3.29. The van der Waals surface area contributed by atoms with Crippen LogP contribution in [0.3, 0.4) is 0 Å². The number of carbonyl (C=O) groups is 1. The topological polar surface area (TPSA) is 115 Å². The molecule has 0 spiro atoms. The molecule has 9 nitrogen and oxygen atoms in total. The summed E-state index contributed by atoms with van der Waals surface area (Å²) in [7, 11) is -3.83. The molecule has 0 bridgehead atoms. The molecule has 1 unspecified atom stereocenters. The van der Waals surface area contributed by atoms with Crippen LogP contribution in [0, 0.1) is 0 Å². The number of hydrogen-bond acceptors (Lipinski definition) is 6. The second-order valence-electron chi connectivity index (χ2n) is 5.66. The number of hydrogen-bond donors (Lipinski definition) is 3. The van der Waals surface area contributed by atoms with Crippen molar-refractivity contribution in [3.63, 3.8) is 0 Å². The smallest absolute Gasteiger partial charge is 0.280 e. The van der Waals surface area contributed by atoms with E-state index in [1.807, 2.05) is 11.8 Å². The minimum Gasteiger partial charge on any atom is -0.354 e. The van der Waals surface area contributed by atoms with Gasteiger partial charge in [-0.15, -0.1) is 0 Å². The van der Waals surface area contributed by atoms with Gasteiger partial charge in [0.2, 0.25) is 0 Å². The van der Waals surface area contributed by atoms with Gasteiger partial charge in [0, 0.05) is 32.4 Å². The molecule has 2 heterocycles. The molecule has 0 aliphatic carbocycles. The van der Waals surface area contributed by atoms with E-state index in [4.69, 9.17) is 16.8 Å². The molecule has 0 radical (unpaired) electrons. The Balaban J connectivity index is 1.98. The van der Waals surface area contributed by atoms with E-state index in [9.17, 15) is 13.2 Å². The van der Waals surface area contributed by atoms with E-state index < -0.39 is 22.2 Å². The minimum absolute atomic E-state index is 0.263. The van der Waals surface area contributed by atoms with Crippen LogP contribution in [0.2, 0.25) is 5.02 Å². The Morgan fingerprint density at radius 1 is 1.36 bits per heavy atom. The average Bonchev–Trinajstić information content (AvgIpc) is 2.61. The number of amides is 1. The highest BCUT2D eigenvalue weighted by Crippen LogP contribution is 2.17. The Morgan fingerprint density at radius 2 is 2.04 bits per heavy atom. The van der Waals surface area contributed by atoms with Crippen molar-refractivity contribution in [2.75, 3.05) is 31.1 Å². The Kier molecular flexibility index (Phi) is 6.96. The van der Waals surface area contributed by atoms with Gasteiger partial charge in [-0.2, -0.15) is 17.4 Å². The van der Waals surface area contributed by atoms with Gasteiger partial charge in [0.1, 0.15) is 11.9 Å². The van der Waals surface area contributed by atoms with E-state index in [1.165, 1.54) is 9.79 Å². The van der Waals surface area contributed by atoms with E-state index in [0.717, 1.165) is 5.82 Å². The zero-order valence-electron chi connectivity index (χ0n) is 13.9. The molecule has 0 saturated carbocycles. The molecular formula is C14H22ClN5O4S. The lowest BCUT2D eigenvalue weighted by atomic mass is 10.2. The summed E-state index contributed by atoms with van der Waals surface area (Å²) in [4.78, 5) is 17.8. The lowest BCUT2D eigenvalue weighted by Gasteiger charge is -2.35. The first-order valence-electron chi connectivity index (χ1n) is 7.95. The van der Waals surface area contributed by atoms with Crippen LogP contribution in [0.1, 0.15) is 19.8 Å². The molecule has 1 aliphatic heterocycles. The van der Waals surface area contributed by atoms with Crippen molar-refractivity contribution in [1.82, 2.24) is 19.5 Å². The maximum atomic E-state index is 12.5. The fourth-order valence-electron chi connectivity index (χ4n) is 2.58. The standard InChI is InChI=1S/C14H22ClN5O4S/c1-2-3-12(14(21)17-22)18-25(23,24)20-8-6-19(7-9-20)13-5-4-11(15)10-16-13/h4-5,10,12,18,22H,2-3,6-9H2,1H3,(H,17,21). The number of piperazine rings is 1. The van der Waals surface area contributed by atoms with Crippen molar-refractivity contribution >= 4 is 33.5 Å². The Labute approximate surface area is 152 Å². The van der Waals surface area contributed by atoms with Crippen LogP contribution in [0.5, 0.6) is 0 Å². The number of hydroxylamine groups is 1. The molecule has 1 fully saturated rings. The van der Waals surface area contributed by atoms with Crippen LogP contribution >= 0.6 is 11.6 Å². The molecule has 1 amide bonds. The maximum Gasteiger partial charge on any atom is 0.280 e. The Bertz CT molecular complexity index is 677. The molecule has 25 heavy (non-hydrogen) atoms. The second-order valence-corrected chi connectivity index (χ2v) is 7.80. The number of halogens is 1. The van der Waals surface area contributed by atoms with Crippen LogP contribution in [-0.4, -0.2) is 61.0 Å². The molecular weight excluding hydrogens is 370 g/mol. The molecule has 1 saturated heterocycles. The third-order valence-corrected chi connectivity index (χ3v) is 5.76. The first-order valence-corrected chi connectivity index (χ1v) is 9.77. The predicted molar refractivity (Wildman–Crippen MR) is 93.7 cm³/mol. The van der Waals surface area contributed by atoms with Gasteiger partial charge in [0.25, 0.3) is 16.1 Å². The van der Waals surface area contributed by atoms with Crippen LogP contribution in [-0.2, 0) is 15.0 Å². The van der Waals surface area contributed by atoms with Gasteiger partial charge in [0.05, 0.1) is 5.02 Å². The zero-order chi connectivity index (χ0) is 18.4.